The molecule has 0 aliphatic heterocycles. The molecule has 0 saturated heterocycles. The van der Waals surface area contributed by atoms with Crippen LogP contribution in [0.2, 0.25) is 0 Å². The zero-order valence-corrected chi connectivity index (χ0v) is 10.1. The Morgan fingerprint density at radius 2 is 1.81 bits per heavy atom. The van der Waals surface area contributed by atoms with Gasteiger partial charge in [0.15, 0.2) is 0 Å². The van der Waals surface area contributed by atoms with Crippen LogP contribution in [0.1, 0.15) is 31.4 Å². The first kappa shape index (κ1) is 9.89. The Labute approximate surface area is 97.3 Å². The van der Waals surface area contributed by atoms with Gasteiger partial charge in [-0.1, -0.05) is 50.2 Å². The van der Waals surface area contributed by atoms with Gasteiger partial charge in [-0.3, -0.25) is 0 Å². The van der Waals surface area contributed by atoms with Crippen molar-refractivity contribution in [3.8, 4) is 0 Å². The number of benzene rings is 2. The summed E-state index contributed by atoms with van der Waals surface area (Å²) in [5.74, 6) is 0. The van der Waals surface area contributed by atoms with Crippen LogP contribution in [0.15, 0.2) is 36.4 Å². The lowest BCUT2D eigenvalue weighted by Gasteiger charge is -2.32. The van der Waals surface area contributed by atoms with Crippen LogP contribution < -0.4 is 0 Å². The van der Waals surface area contributed by atoms with E-state index in [-0.39, 0.29) is 0 Å². The van der Waals surface area contributed by atoms with Crippen LogP contribution in [0.4, 0.5) is 0 Å². The second-order valence-electron chi connectivity index (χ2n) is 5.77. The third-order valence-electron chi connectivity index (χ3n) is 3.86. The summed E-state index contributed by atoms with van der Waals surface area (Å²) >= 11 is 0. The Kier molecular flexibility index (Phi) is 2.07. The Hall–Kier alpha value is -1.30. The lowest BCUT2D eigenvalue weighted by Crippen LogP contribution is -2.22. The zero-order chi connectivity index (χ0) is 11.2. The van der Waals surface area contributed by atoms with Crippen molar-refractivity contribution in [3.05, 3.63) is 47.5 Å². The highest BCUT2D eigenvalue weighted by Crippen LogP contribution is 2.37. The molecule has 0 nitrogen and oxygen atoms in total. The van der Waals surface area contributed by atoms with Gasteiger partial charge in [0.2, 0.25) is 0 Å². The predicted octanol–water partition coefficient (Wildman–Crippen LogP) is 4.35. The minimum absolute atomic E-state index is 0.469. The molecule has 0 unspecified atom stereocenters. The zero-order valence-electron chi connectivity index (χ0n) is 10.1. The van der Waals surface area contributed by atoms with E-state index in [1.807, 2.05) is 0 Å². The fourth-order valence-electron chi connectivity index (χ4n) is 2.86. The Morgan fingerprint density at radius 1 is 1.00 bits per heavy atom. The van der Waals surface area contributed by atoms with Crippen molar-refractivity contribution < 1.29 is 0 Å². The van der Waals surface area contributed by atoms with Gasteiger partial charge in [0.05, 0.1) is 0 Å². The number of hydrogen-bond acceptors (Lipinski definition) is 0. The van der Waals surface area contributed by atoms with Crippen molar-refractivity contribution in [2.75, 3.05) is 0 Å². The highest BCUT2D eigenvalue weighted by molar-refractivity contribution is 5.87. The van der Waals surface area contributed by atoms with Gasteiger partial charge in [0.25, 0.3) is 0 Å². The van der Waals surface area contributed by atoms with Gasteiger partial charge in [-0.2, -0.15) is 0 Å². The van der Waals surface area contributed by atoms with Crippen LogP contribution in [-0.2, 0) is 12.8 Å². The molecule has 3 rings (SSSR count). The maximum Gasteiger partial charge on any atom is -0.0149 e. The van der Waals surface area contributed by atoms with E-state index in [0.29, 0.717) is 5.41 Å². The Bertz CT molecular complexity index is 535. The molecule has 1 aliphatic carbocycles. The topological polar surface area (TPSA) is 0 Å². The highest BCUT2D eigenvalue weighted by Gasteiger charge is 2.25. The van der Waals surface area contributed by atoms with Gasteiger partial charge >= 0.3 is 0 Å². The third-order valence-corrected chi connectivity index (χ3v) is 3.86. The normalized spacial score (nSPS) is 18.4. The first-order valence-electron chi connectivity index (χ1n) is 6.15. The summed E-state index contributed by atoms with van der Waals surface area (Å²) in [7, 11) is 0. The van der Waals surface area contributed by atoms with E-state index < -0.39 is 0 Å². The quantitative estimate of drug-likeness (QED) is 0.606. The maximum absolute atomic E-state index is 2.39. The summed E-state index contributed by atoms with van der Waals surface area (Å²) in [6, 6.07) is 13.4. The van der Waals surface area contributed by atoms with Gasteiger partial charge < -0.3 is 0 Å². The maximum atomic E-state index is 2.39. The summed E-state index contributed by atoms with van der Waals surface area (Å²) in [4.78, 5) is 0. The van der Waals surface area contributed by atoms with Crippen molar-refractivity contribution in [2.24, 2.45) is 5.41 Å². The van der Waals surface area contributed by atoms with E-state index in [9.17, 15) is 0 Å². The molecule has 2 aromatic carbocycles. The molecule has 0 fully saturated rings. The molecular formula is C16H18. The van der Waals surface area contributed by atoms with Gasteiger partial charge in [0.1, 0.15) is 0 Å². The standard InChI is InChI=1S/C16H18/c1-16(2)10-9-13-8-7-12-5-3-4-6-14(12)15(13)11-16/h3-8H,9-11H2,1-2H3. The first-order valence-corrected chi connectivity index (χ1v) is 6.15. The molecule has 0 atom stereocenters. The molecule has 0 amide bonds. The molecule has 0 radical (unpaired) electrons. The van der Waals surface area contributed by atoms with E-state index in [1.165, 1.54) is 30.0 Å². The molecule has 0 saturated carbocycles. The summed E-state index contributed by atoms with van der Waals surface area (Å²) in [5.41, 5.74) is 3.63. The fourth-order valence-corrected chi connectivity index (χ4v) is 2.86. The van der Waals surface area contributed by atoms with Gasteiger partial charge in [-0.25, -0.2) is 0 Å². The van der Waals surface area contributed by atoms with Crippen LogP contribution in [0.25, 0.3) is 10.8 Å². The second-order valence-corrected chi connectivity index (χ2v) is 5.77. The average molecular weight is 210 g/mol. The smallest absolute Gasteiger partial charge is 0.0149 e. The van der Waals surface area contributed by atoms with Crippen LogP contribution in [0.3, 0.4) is 0 Å². The van der Waals surface area contributed by atoms with Crippen molar-refractivity contribution in [1.82, 2.24) is 0 Å². The monoisotopic (exact) mass is 210 g/mol. The average Bonchev–Trinajstić information content (AvgIpc) is 2.28. The summed E-state index contributed by atoms with van der Waals surface area (Å²) in [5, 5.41) is 2.85. The first-order chi connectivity index (χ1) is 7.66. The van der Waals surface area contributed by atoms with Crippen molar-refractivity contribution >= 4 is 10.8 Å². The van der Waals surface area contributed by atoms with E-state index in [2.05, 4.69) is 50.2 Å². The lowest BCUT2D eigenvalue weighted by atomic mass is 9.73. The van der Waals surface area contributed by atoms with E-state index in [4.69, 9.17) is 0 Å². The van der Waals surface area contributed by atoms with Crippen LogP contribution in [-0.4, -0.2) is 0 Å². The number of fused-ring (bicyclic) bond motifs is 3. The fraction of sp³-hybridized carbons (Fsp3) is 0.375. The highest BCUT2D eigenvalue weighted by atomic mass is 14.3. The van der Waals surface area contributed by atoms with E-state index in [1.54, 1.807) is 11.1 Å². The molecule has 1 aliphatic rings. The molecule has 0 aromatic heterocycles. The summed E-state index contributed by atoms with van der Waals surface area (Å²) < 4.78 is 0. The van der Waals surface area contributed by atoms with Gasteiger partial charge in [-0.05, 0) is 46.6 Å². The molecule has 0 heterocycles. The molecule has 0 spiro atoms. The van der Waals surface area contributed by atoms with E-state index in [0.717, 1.165) is 0 Å². The minimum atomic E-state index is 0.469. The minimum Gasteiger partial charge on any atom is -0.0616 e. The van der Waals surface area contributed by atoms with Crippen LogP contribution in [0.5, 0.6) is 0 Å². The second kappa shape index (κ2) is 3.35. The molecule has 0 heteroatoms. The van der Waals surface area contributed by atoms with Crippen molar-refractivity contribution in [2.45, 2.75) is 33.1 Å². The molecule has 2 aromatic rings. The van der Waals surface area contributed by atoms with E-state index >= 15 is 0 Å². The van der Waals surface area contributed by atoms with Crippen molar-refractivity contribution in [3.63, 3.8) is 0 Å². The largest absolute Gasteiger partial charge is 0.0616 e. The van der Waals surface area contributed by atoms with Crippen LogP contribution in [0, 0.1) is 5.41 Å². The Balaban J connectivity index is 2.25. The number of aryl methyl sites for hydroxylation is 1. The predicted molar refractivity (Wildman–Crippen MR) is 69.8 cm³/mol. The Morgan fingerprint density at radius 3 is 2.69 bits per heavy atom. The van der Waals surface area contributed by atoms with Gasteiger partial charge in [-0.15, -0.1) is 0 Å². The summed E-state index contributed by atoms with van der Waals surface area (Å²) in [6.07, 6.45) is 3.79. The molecular weight excluding hydrogens is 192 g/mol. The lowest BCUT2D eigenvalue weighted by molar-refractivity contribution is 0.317. The SMILES string of the molecule is CC1(C)CCc2ccc3ccccc3c2C1. The molecule has 82 valence electrons. The molecule has 16 heavy (non-hydrogen) atoms. The number of hydrogen-bond donors (Lipinski definition) is 0. The molecule has 0 N–H and O–H groups in total. The third kappa shape index (κ3) is 1.53. The van der Waals surface area contributed by atoms with Crippen molar-refractivity contribution in [1.29, 1.82) is 0 Å². The number of rotatable bonds is 0. The van der Waals surface area contributed by atoms with Crippen LogP contribution >= 0.6 is 0 Å². The van der Waals surface area contributed by atoms with Gasteiger partial charge in [0, 0.05) is 0 Å². The summed E-state index contributed by atoms with van der Waals surface area (Å²) in [6.45, 7) is 4.77. The molecule has 0 bridgehead atoms.